The van der Waals surface area contributed by atoms with Crippen molar-refractivity contribution in [2.24, 2.45) is 5.92 Å². The predicted octanol–water partition coefficient (Wildman–Crippen LogP) is 2.95. The summed E-state index contributed by atoms with van der Waals surface area (Å²) in [5.41, 5.74) is 0.431. The molecule has 0 amide bonds. The lowest BCUT2D eigenvalue weighted by molar-refractivity contribution is 0.202. The number of rotatable bonds is 2. The Balaban J connectivity index is 2.39. The van der Waals surface area contributed by atoms with Crippen LogP contribution in [0.15, 0.2) is 0 Å². The summed E-state index contributed by atoms with van der Waals surface area (Å²) in [5, 5.41) is 3.68. The quantitative estimate of drug-likeness (QED) is 0.670. The third kappa shape index (κ3) is 2.78. The summed E-state index contributed by atoms with van der Waals surface area (Å²) in [6.45, 7) is 9.22. The molecule has 0 aromatic carbocycles. The molecule has 0 aromatic rings. The third-order valence-electron chi connectivity index (χ3n) is 3.01. The van der Waals surface area contributed by atoms with Crippen LogP contribution in [0.3, 0.4) is 0 Å². The summed E-state index contributed by atoms with van der Waals surface area (Å²) in [7, 11) is 0. The zero-order valence-electron chi connectivity index (χ0n) is 8.98. The zero-order valence-corrected chi connectivity index (χ0v) is 8.98. The van der Waals surface area contributed by atoms with E-state index < -0.39 is 0 Å². The average molecular weight is 169 g/mol. The van der Waals surface area contributed by atoms with Gasteiger partial charge in [0.2, 0.25) is 0 Å². The van der Waals surface area contributed by atoms with Gasteiger partial charge in [0.05, 0.1) is 0 Å². The van der Waals surface area contributed by atoms with Gasteiger partial charge in [-0.05, 0) is 38.5 Å². The van der Waals surface area contributed by atoms with Crippen molar-refractivity contribution < 1.29 is 0 Å². The van der Waals surface area contributed by atoms with Crippen LogP contribution in [0.25, 0.3) is 0 Å². The molecule has 0 heterocycles. The second kappa shape index (κ2) is 3.78. The van der Waals surface area contributed by atoms with Gasteiger partial charge in [0.15, 0.2) is 0 Å². The van der Waals surface area contributed by atoms with Gasteiger partial charge < -0.3 is 5.32 Å². The number of hydrogen-bond acceptors (Lipinski definition) is 1. The van der Waals surface area contributed by atoms with E-state index in [1.165, 1.54) is 25.7 Å². The Hall–Kier alpha value is -0.0400. The largest absolute Gasteiger partial charge is 0.309 e. The van der Waals surface area contributed by atoms with Gasteiger partial charge >= 0.3 is 0 Å². The van der Waals surface area contributed by atoms with E-state index in [9.17, 15) is 0 Å². The first-order valence-electron chi connectivity index (χ1n) is 5.29. The van der Waals surface area contributed by atoms with Crippen LogP contribution in [0.4, 0.5) is 0 Å². The molecular formula is C11H23N. The molecule has 1 nitrogen and oxygen atoms in total. The van der Waals surface area contributed by atoms with Crippen molar-refractivity contribution in [1.29, 1.82) is 0 Å². The molecule has 1 fully saturated rings. The molecule has 12 heavy (non-hydrogen) atoms. The van der Waals surface area contributed by atoms with Crippen molar-refractivity contribution in [1.82, 2.24) is 5.32 Å². The SMILES string of the molecule is CC1CCC(C)(NC(C)C)CC1. The van der Waals surface area contributed by atoms with Gasteiger partial charge in [-0.1, -0.05) is 20.8 Å². The first-order valence-corrected chi connectivity index (χ1v) is 5.29. The molecule has 0 spiro atoms. The van der Waals surface area contributed by atoms with Crippen molar-refractivity contribution >= 4 is 0 Å². The molecule has 1 N–H and O–H groups in total. The number of nitrogens with one attached hydrogen (secondary N) is 1. The summed E-state index contributed by atoms with van der Waals surface area (Å²) in [5.74, 6) is 0.951. The fourth-order valence-electron chi connectivity index (χ4n) is 2.24. The maximum absolute atomic E-state index is 3.68. The van der Waals surface area contributed by atoms with Crippen LogP contribution in [0, 0.1) is 5.92 Å². The van der Waals surface area contributed by atoms with Gasteiger partial charge in [-0.25, -0.2) is 0 Å². The average Bonchev–Trinajstić information content (AvgIpc) is 1.94. The van der Waals surface area contributed by atoms with Crippen molar-refractivity contribution in [3.05, 3.63) is 0 Å². The van der Waals surface area contributed by atoms with Crippen molar-refractivity contribution in [2.75, 3.05) is 0 Å². The molecule has 0 unspecified atom stereocenters. The van der Waals surface area contributed by atoms with Gasteiger partial charge in [-0.2, -0.15) is 0 Å². The molecule has 1 aliphatic carbocycles. The van der Waals surface area contributed by atoms with E-state index in [0.717, 1.165) is 5.92 Å². The van der Waals surface area contributed by atoms with Crippen LogP contribution in [-0.2, 0) is 0 Å². The first-order chi connectivity index (χ1) is 5.52. The van der Waals surface area contributed by atoms with Crippen molar-refractivity contribution in [3.63, 3.8) is 0 Å². The van der Waals surface area contributed by atoms with Crippen LogP contribution < -0.4 is 5.32 Å². The second-order valence-corrected chi connectivity index (χ2v) is 5.04. The van der Waals surface area contributed by atoms with E-state index in [4.69, 9.17) is 0 Å². The Labute approximate surface area is 76.9 Å². The van der Waals surface area contributed by atoms with E-state index in [0.29, 0.717) is 11.6 Å². The standard InChI is InChI=1S/C11H23N/c1-9(2)12-11(4)7-5-10(3)6-8-11/h9-10,12H,5-8H2,1-4H3. The minimum atomic E-state index is 0.431. The molecule has 1 rings (SSSR count). The Kier molecular flexibility index (Phi) is 3.16. The maximum Gasteiger partial charge on any atom is 0.0155 e. The molecule has 0 bridgehead atoms. The fourth-order valence-corrected chi connectivity index (χ4v) is 2.24. The van der Waals surface area contributed by atoms with Gasteiger partial charge in [0.1, 0.15) is 0 Å². The zero-order chi connectivity index (χ0) is 9.19. The van der Waals surface area contributed by atoms with Crippen LogP contribution in [0.1, 0.15) is 53.4 Å². The molecule has 1 heteroatoms. The molecule has 1 saturated carbocycles. The van der Waals surface area contributed by atoms with Gasteiger partial charge in [0, 0.05) is 11.6 Å². The highest BCUT2D eigenvalue weighted by Gasteiger charge is 2.29. The van der Waals surface area contributed by atoms with E-state index >= 15 is 0 Å². The van der Waals surface area contributed by atoms with Crippen LogP contribution in [-0.4, -0.2) is 11.6 Å². The maximum atomic E-state index is 3.68. The molecule has 0 aromatic heterocycles. The van der Waals surface area contributed by atoms with Crippen molar-refractivity contribution in [3.8, 4) is 0 Å². The molecule has 72 valence electrons. The van der Waals surface area contributed by atoms with E-state index in [-0.39, 0.29) is 0 Å². The fraction of sp³-hybridized carbons (Fsp3) is 1.00. The molecule has 0 atom stereocenters. The summed E-state index contributed by atoms with van der Waals surface area (Å²) in [6.07, 6.45) is 5.51. The second-order valence-electron chi connectivity index (χ2n) is 5.04. The molecule has 0 saturated heterocycles. The summed E-state index contributed by atoms with van der Waals surface area (Å²) < 4.78 is 0. The van der Waals surface area contributed by atoms with Crippen LogP contribution >= 0.6 is 0 Å². The molecule has 0 radical (unpaired) electrons. The van der Waals surface area contributed by atoms with Crippen LogP contribution in [0.2, 0.25) is 0 Å². The Morgan fingerprint density at radius 3 is 2.17 bits per heavy atom. The lowest BCUT2D eigenvalue weighted by atomic mass is 9.78. The Bertz CT molecular complexity index is 132. The van der Waals surface area contributed by atoms with E-state index in [1.807, 2.05) is 0 Å². The molecule has 1 aliphatic rings. The predicted molar refractivity (Wildman–Crippen MR) is 54.3 cm³/mol. The first kappa shape index (κ1) is 10.0. The minimum Gasteiger partial charge on any atom is -0.309 e. The van der Waals surface area contributed by atoms with E-state index in [2.05, 4.69) is 33.0 Å². The lowest BCUT2D eigenvalue weighted by Crippen LogP contribution is -2.48. The normalized spacial score (nSPS) is 37.2. The lowest BCUT2D eigenvalue weighted by Gasteiger charge is -2.38. The highest BCUT2D eigenvalue weighted by molar-refractivity contribution is 4.88. The molecule has 0 aliphatic heterocycles. The summed E-state index contributed by atoms with van der Waals surface area (Å²) in [4.78, 5) is 0. The van der Waals surface area contributed by atoms with Crippen LogP contribution in [0.5, 0.6) is 0 Å². The van der Waals surface area contributed by atoms with Gasteiger partial charge in [-0.3, -0.25) is 0 Å². The van der Waals surface area contributed by atoms with Gasteiger partial charge in [0.25, 0.3) is 0 Å². The summed E-state index contributed by atoms with van der Waals surface area (Å²) in [6, 6.07) is 0.628. The Morgan fingerprint density at radius 1 is 1.25 bits per heavy atom. The van der Waals surface area contributed by atoms with E-state index in [1.54, 1.807) is 0 Å². The summed E-state index contributed by atoms with van der Waals surface area (Å²) >= 11 is 0. The monoisotopic (exact) mass is 169 g/mol. The number of hydrogen-bond donors (Lipinski definition) is 1. The van der Waals surface area contributed by atoms with Gasteiger partial charge in [-0.15, -0.1) is 0 Å². The molecular weight excluding hydrogens is 146 g/mol. The Morgan fingerprint density at radius 2 is 1.75 bits per heavy atom. The highest BCUT2D eigenvalue weighted by atomic mass is 15.0. The minimum absolute atomic E-state index is 0.431. The topological polar surface area (TPSA) is 12.0 Å². The highest BCUT2D eigenvalue weighted by Crippen LogP contribution is 2.31. The third-order valence-corrected chi connectivity index (χ3v) is 3.01. The smallest absolute Gasteiger partial charge is 0.0155 e. The van der Waals surface area contributed by atoms with Crippen molar-refractivity contribution in [2.45, 2.75) is 65.0 Å².